The van der Waals surface area contributed by atoms with Gasteiger partial charge in [-0.1, -0.05) is 42.5 Å². The monoisotopic (exact) mass is 294 g/mol. The van der Waals surface area contributed by atoms with Crippen molar-refractivity contribution in [3.8, 4) is 17.1 Å². The summed E-state index contributed by atoms with van der Waals surface area (Å²) in [5.41, 5.74) is 1.26. The lowest BCUT2D eigenvalue weighted by Crippen LogP contribution is -2.05. The lowest BCUT2D eigenvalue weighted by Gasteiger charge is -2.08. The Morgan fingerprint density at radius 3 is 2.55 bits per heavy atom. The summed E-state index contributed by atoms with van der Waals surface area (Å²) in [6, 6.07) is 14.2. The van der Waals surface area contributed by atoms with Gasteiger partial charge < -0.3 is 14.6 Å². The van der Waals surface area contributed by atoms with Crippen LogP contribution >= 0.6 is 0 Å². The van der Waals surface area contributed by atoms with Gasteiger partial charge in [0.15, 0.2) is 5.76 Å². The molecule has 3 aromatic rings. The maximum absolute atomic E-state index is 12.5. The minimum Gasteiger partial charge on any atom is -0.516 e. The Kier molecular flexibility index (Phi) is 3.66. The summed E-state index contributed by atoms with van der Waals surface area (Å²) in [4.78, 5) is 12.5. The molecule has 0 atom stereocenters. The van der Waals surface area contributed by atoms with E-state index >= 15 is 0 Å². The average Bonchev–Trinajstić information content (AvgIpc) is 2.56. The Bertz CT molecular complexity index is 892. The second-order valence-electron chi connectivity index (χ2n) is 4.85. The molecule has 0 fully saturated rings. The zero-order chi connectivity index (χ0) is 15.5. The second-order valence-corrected chi connectivity index (χ2v) is 4.85. The van der Waals surface area contributed by atoms with Crippen LogP contribution in [0.15, 0.2) is 70.1 Å². The van der Waals surface area contributed by atoms with Gasteiger partial charge in [-0.25, -0.2) is 0 Å². The van der Waals surface area contributed by atoms with E-state index in [2.05, 4.69) is 0 Å². The van der Waals surface area contributed by atoms with E-state index in [9.17, 15) is 9.90 Å². The number of benzene rings is 2. The largest absolute Gasteiger partial charge is 0.516 e. The molecule has 3 rings (SSSR count). The molecule has 0 aliphatic rings. The number of fused-ring (bicyclic) bond motifs is 1. The fourth-order valence-corrected chi connectivity index (χ4v) is 2.43. The van der Waals surface area contributed by atoms with Crippen molar-refractivity contribution in [2.45, 2.75) is 6.42 Å². The molecule has 4 heteroatoms. The molecule has 1 heterocycles. The van der Waals surface area contributed by atoms with Crippen molar-refractivity contribution in [2.24, 2.45) is 0 Å². The quantitative estimate of drug-likeness (QED) is 0.721. The molecule has 0 unspecified atom stereocenters. The smallest absolute Gasteiger partial charge is 0.235 e. The highest BCUT2D eigenvalue weighted by atomic mass is 16.4. The standard InChI is InChI=1S/C18H14O4/c19-11-5-9-12-8-4-10-14-15(12)16(20)17(21)18(22-14)13-6-2-1-3-7-13/h1-8,10-11,19,21H,9H2. The van der Waals surface area contributed by atoms with Crippen molar-refractivity contribution in [1.29, 1.82) is 0 Å². The summed E-state index contributed by atoms with van der Waals surface area (Å²) in [7, 11) is 0. The van der Waals surface area contributed by atoms with Crippen LogP contribution in [-0.4, -0.2) is 10.2 Å². The minimum atomic E-state index is -0.470. The first-order valence-corrected chi connectivity index (χ1v) is 6.84. The predicted octanol–water partition coefficient (Wildman–Crippen LogP) is 3.78. The highest BCUT2D eigenvalue weighted by molar-refractivity contribution is 5.84. The molecular weight excluding hydrogens is 280 g/mol. The molecule has 110 valence electrons. The number of allylic oxidation sites excluding steroid dienone is 1. The summed E-state index contributed by atoms with van der Waals surface area (Å²) >= 11 is 0. The van der Waals surface area contributed by atoms with Gasteiger partial charge >= 0.3 is 0 Å². The SMILES string of the molecule is O=c1c(O)c(-c2ccccc2)oc2cccc(CC=CO)c12. The van der Waals surface area contributed by atoms with Gasteiger partial charge in [0.25, 0.3) is 0 Å². The number of hydrogen-bond donors (Lipinski definition) is 2. The first-order valence-electron chi connectivity index (χ1n) is 6.84. The molecule has 0 saturated carbocycles. The van der Waals surface area contributed by atoms with E-state index in [4.69, 9.17) is 9.52 Å². The first-order chi connectivity index (χ1) is 10.7. The van der Waals surface area contributed by atoms with Crippen LogP contribution in [0.5, 0.6) is 5.75 Å². The van der Waals surface area contributed by atoms with E-state index < -0.39 is 11.2 Å². The first kappa shape index (κ1) is 13.9. The molecule has 4 nitrogen and oxygen atoms in total. The van der Waals surface area contributed by atoms with Crippen molar-refractivity contribution >= 4 is 11.0 Å². The van der Waals surface area contributed by atoms with Gasteiger partial charge in [0, 0.05) is 5.56 Å². The molecule has 1 aromatic heterocycles. The van der Waals surface area contributed by atoms with Crippen LogP contribution in [0, 0.1) is 0 Å². The van der Waals surface area contributed by atoms with Gasteiger partial charge in [-0.3, -0.25) is 4.79 Å². The van der Waals surface area contributed by atoms with Gasteiger partial charge in [0.05, 0.1) is 11.6 Å². The molecule has 22 heavy (non-hydrogen) atoms. The van der Waals surface area contributed by atoms with Gasteiger partial charge in [-0.15, -0.1) is 0 Å². The van der Waals surface area contributed by atoms with E-state index in [1.807, 2.05) is 6.07 Å². The molecule has 0 saturated heterocycles. The Morgan fingerprint density at radius 2 is 1.82 bits per heavy atom. The van der Waals surface area contributed by atoms with Gasteiger partial charge in [-0.05, 0) is 24.1 Å². The van der Waals surface area contributed by atoms with Crippen molar-refractivity contribution in [2.75, 3.05) is 0 Å². The molecule has 2 aromatic carbocycles. The summed E-state index contributed by atoms with van der Waals surface area (Å²) in [6.45, 7) is 0. The Balaban J connectivity index is 2.29. The molecule has 0 amide bonds. The molecule has 0 bridgehead atoms. The summed E-state index contributed by atoms with van der Waals surface area (Å²) in [6.07, 6.45) is 2.83. The minimum absolute atomic E-state index is 0.160. The maximum atomic E-state index is 12.5. The van der Waals surface area contributed by atoms with E-state index in [0.717, 1.165) is 6.26 Å². The second kappa shape index (κ2) is 5.77. The van der Waals surface area contributed by atoms with Crippen LogP contribution < -0.4 is 5.43 Å². The molecule has 0 radical (unpaired) electrons. The summed E-state index contributed by atoms with van der Waals surface area (Å²) < 4.78 is 5.74. The number of aliphatic hydroxyl groups is 1. The van der Waals surface area contributed by atoms with Crippen LogP contribution in [0.2, 0.25) is 0 Å². The zero-order valence-electron chi connectivity index (χ0n) is 11.7. The van der Waals surface area contributed by atoms with E-state index in [-0.39, 0.29) is 5.76 Å². The Labute approximate surface area is 126 Å². The van der Waals surface area contributed by atoms with Crippen LogP contribution in [0.1, 0.15) is 5.56 Å². The average molecular weight is 294 g/mol. The lowest BCUT2D eigenvalue weighted by molar-refractivity contribution is 0.449. The van der Waals surface area contributed by atoms with E-state index in [0.29, 0.717) is 28.5 Å². The third-order valence-corrected chi connectivity index (χ3v) is 3.46. The van der Waals surface area contributed by atoms with Crippen molar-refractivity contribution in [3.63, 3.8) is 0 Å². The van der Waals surface area contributed by atoms with Crippen molar-refractivity contribution < 1.29 is 14.6 Å². The molecule has 0 aliphatic carbocycles. The fraction of sp³-hybridized carbons (Fsp3) is 0.0556. The van der Waals surface area contributed by atoms with Gasteiger partial charge in [0.2, 0.25) is 11.2 Å². The number of hydrogen-bond acceptors (Lipinski definition) is 4. The van der Waals surface area contributed by atoms with Crippen LogP contribution in [-0.2, 0) is 6.42 Å². The number of aliphatic hydroxyl groups excluding tert-OH is 1. The lowest BCUT2D eigenvalue weighted by atomic mass is 10.0. The van der Waals surface area contributed by atoms with E-state index in [1.54, 1.807) is 42.5 Å². The third-order valence-electron chi connectivity index (χ3n) is 3.46. The predicted molar refractivity (Wildman–Crippen MR) is 85.1 cm³/mol. The van der Waals surface area contributed by atoms with E-state index in [1.165, 1.54) is 6.08 Å². The van der Waals surface area contributed by atoms with Crippen LogP contribution in [0.25, 0.3) is 22.3 Å². The zero-order valence-corrected chi connectivity index (χ0v) is 11.7. The molecule has 0 spiro atoms. The molecule has 2 N–H and O–H groups in total. The Morgan fingerprint density at radius 1 is 1.05 bits per heavy atom. The molecular formula is C18H14O4. The maximum Gasteiger partial charge on any atom is 0.235 e. The van der Waals surface area contributed by atoms with Crippen molar-refractivity contribution in [1.82, 2.24) is 0 Å². The fourth-order valence-electron chi connectivity index (χ4n) is 2.43. The number of rotatable bonds is 3. The summed E-state index contributed by atoms with van der Waals surface area (Å²) in [5, 5.41) is 19.3. The number of aromatic hydroxyl groups is 1. The highest BCUT2D eigenvalue weighted by Crippen LogP contribution is 2.30. The highest BCUT2D eigenvalue weighted by Gasteiger charge is 2.16. The summed E-state index contributed by atoms with van der Waals surface area (Å²) in [5.74, 6) is -0.243. The van der Waals surface area contributed by atoms with Gasteiger partial charge in [0.1, 0.15) is 5.58 Å². The van der Waals surface area contributed by atoms with Crippen molar-refractivity contribution in [3.05, 3.63) is 76.7 Å². The van der Waals surface area contributed by atoms with Gasteiger partial charge in [-0.2, -0.15) is 0 Å². The topological polar surface area (TPSA) is 70.7 Å². The van der Waals surface area contributed by atoms with Crippen LogP contribution in [0.4, 0.5) is 0 Å². The Hall–Kier alpha value is -3.01. The molecule has 0 aliphatic heterocycles. The van der Waals surface area contributed by atoms with Crippen LogP contribution in [0.3, 0.4) is 0 Å². The normalized spacial score (nSPS) is 11.3. The third kappa shape index (κ3) is 2.35.